The molecule has 1 N–H and O–H groups in total. The van der Waals surface area contributed by atoms with E-state index in [0.717, 1.165) is 32.1 Å². The molecule has 0 aromatic rings. The lowest BCUT2D eigenvalue weighted by atomic mass is 10.1. The van der Waals surface area contributed by atoms with Gasteiger partial charge in [-0.2, -0.15) is 17.0 Å². The van der Waals surface area contributed by atoms with Crippen LogP contribution in [0.4, 0.5) is 0 Å². The van der Waals surface area contributed by atoms with E-state index in [-0.39, 0.29) is 11.4 Å². The quantitative estimate of drug-likeness (QED) is 0.839. The molecular formula is C13H22N2O4S2. The number of carboxylic acids is 1. The second-order valence-electron chi connectivity index (χ2n) is 6.21. The largest absolute Gasteiger partial charge is 0.480 e. The van der Waals surface area contributed by atoms with Crippen molar-refractivity contribution >= 4 is 27.9 Å². The number of carboxylic acid groups (broad SMARTS) is 1. The molecule has 0 spiro atoms. The van der Waals surface area contributed by atoms with E-state index >= 15 is 0 Å². The Morgan fingerprint density at radius 2 is 1.95 bits per heavy atom. The van der Waals surface area contributed by atoms with Crippen LogP contribution in [0.5, 0.6) is 0 Å². The molecule has 3 fully saturated rings. The number of rotatable bonds is 4. The maximum Gasteiger partial charge on any atom is 0.322 e. The van der Waals surface area contributed by atoms with E-state index in [1.165, 1.54) is 20.4 Å². The Balaban J connectivity index is 1.90. The maximum atomic E-state index is 13.0. The smallest absolute Gasteiger partial charge is 0.322 e. The molecule has 0 radical (unpaired) electrons. The Hall–Kier alpha value is -0.310. The molecule has 0 bridgehead atoms. The lowest BCUT2D eigenvalue weighted by molar-refractivity contribution is -0.140. The van der Waals surface area contributed by atoms with E-state index in [1.807, 2.05) is 6.92 Å². The zero-order valence-corrected chi connectivity index (χ0v) is 13.8. The van der Waals surface area contributed by atoms with Gasteiger partial charge in [-0.15, -0.1) is 11.8 Å². The summed E-state index contributed by atoms with van der Waals surface area (Å²) in [6, 6.07) is -0.955. The number of carbonyl (C=O) groups is 1. The van der Waals surface area contributed by atoms with Crippen molar-refractivity contribution in [3.63, 3.8) is 0 Å². The van der Waals surface area contributed by atoms with Crippen LogP contribution in [0.3, 0.4) is 0 Å². The summed E-state index contributed by atoms with van der Waals surface area (Å²) in [5, 5.41) is 9.20. The SMILES string of the molecule is CC1CCCCN1S(=O)(=O)N1C(C(=O)O)CSC1C1CC1. The summed E-state index contributed by atoms with van der Waals surface area (Å²) in [5.41, 5.74) is 0. The Labute approximate surface area is 130 Å². The average molecular weight is 334 g/mol. The minimum atomic E-state index is -3.69. The monoisotopic (exact) mass is 334 g/mol. The van der Waals surface area contributed by atoms with Crippen LogP contribution in [0.15, 0.2) is 0 Å². The number of hydrogen-bond donors (Lipinski definition) is 1. The molecule has 3 unspecified atom stereocenters. The van der Waals surface area contributed by atoms with Gasteiger partial charge in [0.25, 0.3) is 10.2 Å². The minimum absolute atomic E-state index is 0.0383. The van der Waals surface area contributed by atoms with Crippen LogP contribution in [0.2, 0.25) is 0 Å². The van der Waals surface area contributed by atoms with E-state index in [9.17, 15) is 18.3 Å². The van der Waals surface area contributed by atoms with E-state index < -0.39 is 22.2 Å². The van der Waals surface area contributed by atoms with Crippen LogP contribution in [-0.4, -0.2) is 57.9 Å². The van der Waals surface area contributed by atoms with Crippen LogP contribution in [-0.2, 0) is 15.0 Å². The van der Waals surface area contributed by atoms with E-state index in [0.29, 0.717) is 18.2 Å². The van der Waals surface area contributed by atoms with Crippen LogP contribution in [0, 0.1) is 5.92 Å². The van der Waals surface area contributed by atoms with Gasteiger partial charge in [-0.1, -0.05) is 6.42 Å². The first-order chi connectivity index (χ1) is 9.93. The van der Waals surface area contributed by atoms with Crippen LogP contribution < -0.4 is 0 Å². The molecule has 1 saturated carbocycles. The number of thioether (sulfide) groups is 1. The minimum Gasteiger partial charge on any atom is -0.480 e. The van der Waals surface area contributed by atoms with Gasteiger partial charge in [0.15, 0.2) is 0 Å². The van der Waals surface area contributed by atoms with Gasteiger partial charge in [0.1, 0.15) is 6.04 Å². The molecule has 3 rings (SSSR count). The summed E-state index contributed by atoms with van der Waals surface area (Å²) in [6.07, 6.45) is 4.76. The first kappa shape index (κ1) is 15.6. The van der Waals surface area contributed by atoms with Crippen molar-refractivity contribution in [3.05, 3.63) is 0 Å². The number of aliphatic carboxylic acids is 1. The Morgan fingerprint density at radius 3 is 2.52 bits per heavy atom. The fourth-order valence-electron chi connectivity index (χ4n) is 3.25. The maximum absolute atomic E-state index is 13.0. The van der Waals surface area contributed by atoms with E-state index in [2.05, 4.69) is 0 Å². The molecule has 0 amide bonds. The van der Waals surface area contributed by atoms with Crippen molar-refractivity contribution in [1.82, 2.24) is 8.61 Å². The third-order valence-electron chi connectivity index (χ3n) is 4.60. The zero-order chi connectivity index (χ0) is 15.2. The zero-order valence-electron chi connectivity index (χ0n) is 12.1. The molecule has 3 atom stereocenters. The molecule has 0 aromatic heterocycles. The van der Waals surface area contributed by atoms with Crippen LogP contribution in [0.1, 0.15) is 39.0 Å². The highest BCUT2D eigenvalue weighted by Crippen LogP contribution is 2.47. The molecule has 8 heteroatoms. The number of nitrogens with zero attached hydrogens (tertiary/aromatic N) is 2. The second-order valence-corrected chi connectivity index (χ2v) is 9.14. The Kier molecular flexibility index (Phi) is 4.24. The molecule has 0 aromatic carbocycles. The second kappa shape index (κ2) is 5.72. The van der Waals surface area contributed by atoms with Gasteiger partial charge in [-0.05, 0) is 38.5 Å². The third-order valence-corrected chi connectivity index (χ3v) is 8.34. The summed E-state index contributed by atoms with van der Waals surface area (Å²) in [5.74, 6) is -0.342. The highest BCUT2D eigenvalue weighted by Gasteiger charge is 2.53. The summed E-state index contributed by atoms with van der Waals surface area (Å²) >= 11 is 1.49. The van der Waals surface area contributed by atoms with E-state index in [4.69, 9.17) is 0 Å². The van der Waals surface area contributed by atoms with Crippen molar-refractivity contribution in [1.29, 1.82) is 0 Å². The normalized spacial score (nSPS) is 36.0. The molecule has 21 heavy (non-hydrogen) atoms. The van der Waals surface area contributed by atoms with Crippen LogP contribution in [0.25, 0.3) is 0 Å². The predicted octanol–water partition coefficient (Wildman–Crippen LogP) is 1.34. The molecule has 1 aliphatic carbocycles. The molecular weight excluding hydrogens is 312 g/mol. The number of piperidine rings is 1. The van der Waals surface area contributed by atoms with Gasteiger partial charge < -0.3 is 5.11 Å². The fraction of sp³-hybridized carbons (Fsp3) is 0.923. The lowest BCUT2D eigenvalue weighted by Gasteiger charge is -2.38. The molecule has 3 aliphatic rings. The van der Waals surface area contributed by atoms with E-state index in [1.54, 1.807) is 0 Å². The highest BCUT2D eigenvalue weighted by atomic mass is 32.2. The number of hydrogen-bond acceptors (Lipinski definition) is 4. The third kappa shape index (κ3) is 2.83. The van der Waals surface area contributed by atoms with Gasteiger partial charge in [0, 0.05) is 18.3 Å². The molecule has 6 nitrogen and oxygen atoms in total. The van der Waals surface area contributed by atoms with Crippen molar-refractivity contribution in [2.24, 2.45) is 5.92 Å². The Morgan fingerprint density at radius 1 is 1.24 bits per heavy atom. The summed E-state index contributed by atoms with van der Waals surface area (Å²) in [6.45, 7) is 2.43. The highest BCUT2D eigenvalue weighted by molar-refractivity contribution is 8.01. The average Bonchev–Trinajstić information content (AvgIpc) is 3.16. The fourth-order valence-corrected chi connectivity index (χ4v) is 7.45. The van der Waals surface area contributed by atoms with Gasteiger partial charge in [-0.3, -0.25) is 4.79 Å². The first-order valence-corrected chi connectivity index (χ1v) is 10.0. The summed E-state index contributed by atoms with van der Waals surface area (Å²) in [4.78, 5) is 11.5. The van der Waals surface area contributed by atoms with Gasteiger partial charge in [0.2, 0.25) is 0 Å². The van der Waals surface area contributed by atoms with Gasteiger partial charge in [0.05, 0.1) is 5.37 Å². The van der Waals surface area contributed by atoms with Gasteiger partial charge >= 0.3 is 5.97 Å². The standard InChI is InChI=1S/C13H22N2O4S2/c1-9-4-2-3-7-14(9)21(18,19)15-11(13(16)17)8-20-12(15)10-5-6-10/h9-12H,2-8H2,1H3,(H,16,17). The van der Waals surface area contributed by atoms with Crippen molar-refractivity contribution in [3.8, 4) is 0 Å². The topological polar surface area (TPSA) is 77.9 Å². The molecule has 2 aliphatic heterocycles. The van der Waals surface area contributed by atoms with Crippen molar-refractivity contribution in [2.45, 2.75) is 56.5 Å². The first-order valence-electron chi connectivity index (χ1n) is 7.57. The lowest BCUT2D eigenvalue weighted by Crippen LogP contribution is -2.55. The summed E-state index contributed by atoms with van der Waals surface area (Å²) in [7, 11) is -3.69. The van der Waals surface area contributed by atoms with Crippen molar-refractivity contribution < 1.29 is 18.3 Å². The Bertz CT molecular complexity index is 520. The van der Waals surface area contributed by atoms with Crippen molar-refractivity contribution in [2.75, 3.05) is 12.3 Å². The summed E-state index contributed by atoms with van der Waals surface area (Å²) < 4.78 is 28.9. The molecule has 2 saturated heterocycles. The van der Waals surface area contributed by atoms with Crippen LogP contribution >= 0.6 is 11.8 Å². The molecule has 120 valence electrons. The molecule has 2 heterocycles. The van der Waals surface area contributed by atoms with Gasteiger partial charge in [-0.25, -0.2) is 0 Å². The predicted molar refractivity (Wildman–Crippen MR) is 81.2 cm³/mol.